The molecule has 0 aliphatic rings. The fraction of sp³-hybridized carbons (Fsp3) is 0.222. The number of nitrogens with one attached hydrogen (secondary N) is 1. The third-order valence-corrected chi connectivity index (χ3v) is 1.49. The van der Waals surface area contributed by atoms with Crippen molar-refractivity contribution in [3.63, 3.8) is 0 Å². The van der Waals surface area contributed by atoms with Crippen molar-refractivity contribution in [2.45, 2.75) is 6.92 Å². The fourth-order valence-electron chi connectivity index (χ4n) is 0.859. The van der Waals surface area contributed by atoms with Gasteiger partial charge in [0.15, 0.2) is 0 Å². The van der Waals surface area contributed by atoms with E-state index in [0.717, 1.165) is 5.22 Å². The summed E-state index contributed by atoms with van der Waals surface area (Å²) in [5.41, 5.74) is 0.409. The first kappa shape index (κ1) is 8.59. The topological polar surface area (TPSA) is 42.1 Å². The maximum absolute atomic E-state index is 11.1. The van der Waals surface area contributed by atoms with E-state index in [0.29, 0.717) is 17.6 Å². The van der Waals surface area contributed by atoms with E-state index in [4.69, 9.17) is 4.74 Å². The summed E-state index contributed by atoms with van der Waals surface area (Å²) in [7, 11) is 0. The Hall–Kier alpha value is -1.51. The van der Waals surface area contributed by atoms with Gasteiger partial charge < -0.3 is 9.72 Å². The quantitative estimate of drug-likeness (QED) is 0.627. The standard InChI is InChI=1S/C9H11NO2/c1-4-12-9(11)8-5-6(2)7(3)10-8/h5,10H,2-4H2,1H3. The van der Waals surface area contributed by atoms with Gasteiger partial charge in [0.2, 0.25) is 0 Å². The molecule has 12 heavy (non-hydrogen) atoms. The van der Waals surface area contributed by atoms with Crippen LogP contribution in [0.5, 0.6) is 0 Å². The highest BCUT2D eigenvalue weighted by molar-refractivity contribution is 5.87. The molecular formula is C9H11NO2. The lowest BCUT2D eigenvalue weighted by atomic mass is 10.4. The summed E-state index contributed by atoms with van der Waals surface area (Å²) in [4.78, 5) is 13.9. The third-order valence-electron chi connectivity index (χ3n) is 1.49. The maximum Gasteiger partial charge on any atom is 0.354 e. The summed E-state index contributed by atoms with van der Waals surface area (Å²) in [5, 5.41) is 1.37. The Labute approximate surface area is 70.4 Å². The molecule has 0 bridgehead atoms. The number of hydrogen-bond acceptors (Lipinski definition) is 2. The lowest BCUT2D eigenvalue weighted by molar-refractivity contribution is 0.0520. The van der Waals surface area contributed by atoms with Crippen LogP contribution in [0.25, 0.3) is 13.2 Å². The van der Waals surface area contributed by atoms with Crippen LogP contribution in [-0.2, 0) is 4.74 Å². The Morgan fingerprint density at radius 3 is 2.75 bits per heavy atom. The number of carbonyl (C=O) groups excluding carboxylic acids is 1. The molecule has 0 aliphatic heterocycles. The second kappa shape index (κ2) is 3.26. The number of H-pyrrole nitrogens is 1. The van der Waals surface area contributed by atoms with Crippen molar-refractivity contribution in [1.29, 1.82) is 0 Å². The van der Waals surface area contributed by atoms with E-state index >= 15 is 0 Å². The van der Waals surface area contributed by atoms with E-state index in [9.17, 15) is 4.79 Å². The summed E-state index contributed by atoms with van der Waals surface area (Å²) >= 11 is 0. The molecule has 1 aromatic rings. The molecule has 1 heterocycles. The molecule has 1 rings (SSSR count). The van der Waals surface area contributed by atoms with Gasteiger partial charge >= 0.3 is 5.97 Å². The summed E-state index contributed by atoms with van der Waals surface area (Å²) in [5.74, 6) is -0.364. The molecule has 1 aromatic heterocycles. The van der Waals surface area contributed by atoms with E-state index in [1.807, 2.05) is 0 Å². The molecule has 1 N–H and O–H groups in total. The maximum atomic E-state index is 11.1. The van der Waals surface area contributed by atoms with Crippen LogP contribution in [0.4, 0.5) is 0 Å². The van der Waals surface area contributed by atoms with Crippen LogP contribution >= 0.6 is 0 Å². The van der Waals surface area contributed by atoms with E-state index in [1.165, 1.54) is 0 Å². The Kier molecular flexibility index (Phi) is 2.33. The lowest BCUT2D eigenvalue weighted by Crippen LogP contribution is -2.17. The first-order valence-corrected chi connectivity index (χ1v) is 3.69. The number of ether oxygens (including phenoxy) is 1. The molecule has 0 unspecified atom stereocenters. The van der Waals surface area contributed by atoms with E-state index in [1.54, 1.807) is 13.0 Å². The molecule has 0 amide bonds. The first-order valence-electron chi connectivity index (χ1n) is 3.69. The molecular weight excluding hydrogens is 154 g/mol. The molecule has 64 valence electrons. The number of aromatic amines is 1. The molecule has 3 heteroatoms. The summed E-state index contributed by atoms with van der Waals surface area (Å²) < 4.78 is 4.77. The number of rotatable bonds is 2. The van der Waals surface area contributed by atoms with Gasteiger partial charge in [-0.3, -0.25) is 0 Å². The predicted octanol–water partition coefficient (Wildman–Crippen LogP) is 0.0120. The van der Waals surface area contributed by atoms with Gasteiger partial charge in [-0.05, 0) is 18.2 Å². The smallest absolute Gasteiger partial charge is 0.354 e. The van der Waals surface area contributed by atoms with Gasteiger partial charge in [-0.2, -0.15) is 0 Å². The average Bonchev–Trinajstić information content (AvgIpc) is 2.33. The molecule has 0 aliphatic carbocycles. The van der Waals surface area contributed by atoms with Crippen LogP contribution in [0.1, 0.15) is 17.4 Å². The summed E-state index contributed by atoms with van der Waals surface area (Å²) in [6, 6.07) is 1.63. The molecule has 0 saturated carbocycles. The normalized spacial score (nSPS) is 9.75. The summed E-state index contributed by atoms with van der Waals surface area (Å²) in [6.45, 7) is 9.47. The van der Waals surface area contributed by atoms with Gasteiger partial charge in [-0.25, -0.2) is 4.79 Å². The molecule has 0 fully saturated rings. The van der Waals surface area contributed by atoms with Crippen LogP contribution in [0.2, 0.25) is 0 Å². The lowest BCUT2D eigenvalue weighted by Gasteiger charge is -1.96. The second-order valence-electron chi connectivity index (χ2n) is 2.41. The van der Waals surface area contributed by atoms with Crippen molar-refractivity contribution in [3.8, 4) is 0 Å². The minimum absolute atomic E-state index is 0.364. The van der Waals surface area contributed by atoms with Crippen molar-refractivity contribution in [3.05, 3.63) is 22.3 Å². The Morgan fingerprint density at radius 1 is 1.67 bits per heavy atom. The molecule has 3 nitrogen and oxygen atoms in total. The number of aromatic nitrogens is 1. The van der Waals surface area contributed by atoms with Crippen LogP contribution in [0.3, 0.4) is 0 Å². The van der Waals surface area contributed by atoms with Crippen LogP contribution < -0.4 is 10.6 Å². The zero-order chi connectivity index (χ0) is 9.14. The van der Waals surface area contributed by atoms with Crippen LogP contribution in [0.15, 0.2) is 6.07 Å². The minimum Gasteiger partial charge on any atom is -0.461 e. The van der Waals surface area contributed by atoms with Gasteiger partial charge in [0, 0.05) is 5.35 Å². The van der Waals surface area contributed by atoms with Crippen molar-refractivity contribution in [2.24, 2.45) is 0 Å². The molecule has 0 atom stereocenters. The Morgan fingerprint density at radius 2 is 2.33 bits per heavy atom. The van der Waals surface area contributed by atoms with E-state index < -0.39 is 0 Å². The summed E-state index contributed by atoms with van der Waals surface area (Å²) in [6.07, 6.45) is 0. The van der Waals surface area contributed by atoms with Crippen molar-refractivity contribution in [1.82, 2.24) is 4.98 Å². The van der Waals surface area contributed by atoms with Crippen LogP contribution in [-0.4, -0.2) is 17.6 Å². The zero-order valence-corrected chi connectivity index (χ0v) is 7.02. The fourth-order valence-corrected chi connectivity index (χ4v) is 0.859. The van der Waals surface area contributed by atoms with E-state index in [-0.39, 0.29) is 5.97 Å². The highest BCUT2D eigenvalue weighted by Crippen LogP contribution is 1.90. The number of esters is 1. The molecule has 0 spiro atoms. The Bertz CT molecular complexity index is 350. The van der Waals surface area contributed by atoms with Crippen molar-refractivity contribution < 1.29 is 9.53 Å². The van der Waals surface area contributed by atoms with Gasteiger partial charge in [-0.15, -0.1) is 0 Å². The Balaban J connectivity index is 2.97. The molecule has 0 radical (unpaired) electrons. The van der Waals surface area contributed by atoms with Gasteiger partial charge in [0.25, 0.3) is 0 Å². The van der Waals surface area contributed by atoms with Crippen molar-refractivity contribution >= 4 is 19.1 Å². The molecule has 0 saturated heterocycles. The van der Waals surface area contributed by atoms with Gasteiger partial charge in [0.1, 0.15) is 5.69 Å². The SMILES string of the molecule is C=c1cc(C(=O)OCC)[nH]c1=C. The minimum atomic E-state index is -0.364. The number of hydrogen-bond donors (Lipinski definition) is 1. The van der Waals surface area contributed by atoms with E-state index in [2.05, 4.69) is 18.1 Å². The van der Waals surface area contributed by atoms with Gasteiger partial charge in [-0.1, -0.05) is 13.2 Å². The monoisotopic (exact) mass is 165 g/mol. The van der Waals surface area contributed by atoms with Crippen molar-refractivity contribution in [2.75, 3.05) is 6.61 Å². The van der Waals surface area contributed by atoms with Crippen LogP contribution in [0, 0.1) is 0 Å². The zero-order valence-electron chi connectivity index (χ0n) is 7.02. The second-order valence-corrected chi connectivity index (χ2v) is 2.41. The predicted molar refractivity (Wildman–Crippen MR) is 47.0 cm³/mol. The number of carbonyl (C=O) groups is 1. The first-order chi connectivity index (χ1) is 5.65. The highest BCUT2D eigenvalue weighted by atomic mass is 16.5. The van der Waals surface area contributed by atoms with Gasteiger partial charge in [0.05, 0.1) is 6.61 Å². The molecule has 0 aromatic carbocycles. The largest absolute Gasteiger partial charge is 0.461 e. The average molecular weight is 165 g/mol. The third kappa shape index (κ3) is 1.56. The highest BCUT2D eigenvalue weighted by Gasteiger charge is 2.06.